The van der Waals surface area contributed by atoms with E-state index >= 15 is 0 Å². The standard InChI is InChI=1S/C18H30O/c1-7-13-11-14(8-2)16(15(9-3)12-13)17(19)18(5,6)10-4/h11-12,17,19H,7-10H2,1-6H3. The zero-order valence-electron chi connectivity index (χ0n) is 13.5. The van der Waals surface area contributed by atoms with Crippen LogP contribution in [-0.4, -0.2) is 5.11 Å². The van der Waals surface area contributed by atoms with Crippen molar-refractivity contribution in [3.63, 3.8) is 0 Å². The molecule has 1 nitrogen and oxygen atoms in total. The normalized spacial score (nSPS) is 13.6. The Balaban J connectivity index is 3.39. The zero-order chi connectivity index (χ0) is 14.6. The van der Waals surface area contributed by atoms with Gasteiger partial charge in [0.15, 0.2) is 0 Å². The highest BCUT2D eigenvalue weighted by atomic mass is 16.3. The molecule has 0 saturated heterocycles. The Morgan fingerprint density at radius 1 is 0.947 bits per heavy atom. The van der Waals surface area contributed by atoms with E-state index in [1.807, 2.05) is 0 Å². The van der Waals surface area contributed by atoms with Crippen molar-refractivity contribution >= 4 is 0 Å². The summed E-state index contributed by atoms with van der Waals surface area (Å²) in [4.78, 5) is 0. The highest BCUT2D eigenvalue weighted by molar-refractivity contribution is 5.41. The first-order chi connectivity index (χ1) is 8.91. The van der Waals surface area contributed by atoms with E-state index in [0.29, 0.717) is 0 Å². The second-order valence-electron chi connectivity index (χ2n) is 6.13. The number of benzene rings is 1. The molecule has 108 valence electrons. The summed E-state index contributed by atoms with van der Waals surface area (Å²) in [5, 5.41) is 10.8. The van der Waals surface area contributed by atoms with Gasteiger partial charge in [0.2, 0.25) is 0 Å². The van der Waals surface area contributed by atoms with Crippen molar-refractivity contribution < 1.29 is 5.11 Å². The third kappa shape index (κ3) is 3.39. The monoisotopic (exact) mass is 262 g/mol. The zero-order valence-corrected chi connectivity index (χ0v) is 13.5. The molecular weight excluding hydrogens is 232 g/mol. The third-order valence-electron chi connectivity index (χ3n) is 4.51. The van der Waals surface area contributed by atoms with Crippen LogP contribution in [0.2, 0.25) is 0 Å². The molecule has 0 aliphatic rings. The average Bonchev–Trinajstić information content (AvgIpc) is 2.44. The Bertz CT molecular complexity index is 393. The second-order valence-corrected chi connectivity index (χ2v) is 6.13. The van der Waals surface area contributed by atoms with Crippen LogP contribution >= 0.6 is 0 Å². The van der Waals surface area contributed by atoms with Gasteiger partial charge in [-0.1, -0.05) is 53.7 Å². The number of aryl methyl sites for hydroxylation is 3. The number of rotatable bonds is 6. The number of hydrogen-bond donors (Lipinski definition) is 1. The van der Waals surface area contributed by atoms with Crippen molar-refractivity contribution in [3.05, 3.63) is 34.4 Å². The van der Waals surface area contributed by atoms with Crippen molar-refractivity contribution in [2.75, 3.05) is 0 Å². The predicted molar refractivity (Wildman–Crippen MR) is 83.6 cm³/mol. The van der Waals surface area contributed by atoms with Crippen molar-refractivity contribution in [1.29, 1.82) is 0 Å². The van der Waals surface area contributed by atoms with Gasteiger partial charge < -0.3 is 5.11 Å². The smallest absolute Gasteiger partial charge is 0.0846 e. The van der Waals surface area contributed by atoms with Gasteiger partial charge in [0.1, 0.15) is 0 Å². The molecule has 0 aliphatic carbocycles. The molecular formula is C18H30O. The highest BCUT2D eigenvalue weighted by Crippen LogP contribution is 2.39. The van der Waals surface area contributed by atoms with E-state index < -0.39 is 0 Å². The number of aliphatic hydroxyl groups is 1. The summed E-state index contributed by atoms with van der Waals surface area (Å²) < 4.78 is 0. The predicted octanol–water partition coefficient (Wildman–Crippen LogP) is 4.84. The molecule has 0 saturated carbocycles. The molecule has 0 spiro atoms. The van der Waals surface area contributed by atoms with Gasteiger partial charge in [-0.25, -0.2) is 0 Å². The largest absolute Gasteiger partial charge is 0.388 e. The van der Waals surface area contributed by atoms with E-state index in [4.69, 9.17) is 0 Å². The summed E-state index contributed by atoms with van der Waals surface area (Å²) >= 11 is 0. The Labute approximate surface area is 119 Å². The topological polar surface area (TPSA) is 20.2 Å². The van der Waals surface area contributed by atoms with Crippen LogP contribution in [0.1, 0.15) is 76.3 Å². The van der Waals surface area contributed by atoms with Crippen LogP contribution in [0.15, 0.2) is 12.1 Å². The lowest BCUT2D eigenvalue weighted by atomic mass is 9.76. The molecule has 0 aromatic heterocycles. The fraction of sp³-hybridized carbons (Fsp3) is 0.667. The molecule has 1 unspecified atom stereocenters. The van der Waals surface area contributed by atoms with Gasteiger partial charge in [-0.05, 0) is 53.4 Å². The number of hydrogen-bond acceptors (Lipinski definition) is 1. The van der Waals surface area contributed by atoms with Crippen molar-refractivity contribution in [2.24, 2.45) is 5.41 Å². The molecule has 19 heavy (non-hydrogen) atoms. The van der Waals surface area contributed by atoms with Crippen molar-refractivity contribution in [2.45, 2.75) is 73.3 Å². The fourth-order valence-corrected chi connectivity index (χ4v) is 2.58. The van der Waals surface area contributed by atoms with Crippen LogP contribution in [0, 0.1) is 5.41 Å². The Hall–Kier alpha value is -0.820. The maximum atomic E-state index is 10.8. The second kappa shape index (κ2) is 6.56. The molecule has 0 heterocycles. The van der Waals surface area contributed by atoms with Gasteiger partial charge in [0.25, 0.3) is 0 Å². The van der Waals surface area contributed by atoms with Gasteiger partial charge in [-0.15, -0.1) is 0 Å². The molecule has 0 fully saturated rings. The van der Waals surface area contributed by atoms with Crippen molar-refractivity contribution in [3.8, 4) is 0 Å². The maximum absolute atomic E-state index is 10.8. The van der Waals surface area contributed by atoms with Crippen LogP contribution in [-0.2, 0) is 19.3 Å². The molecule has 1 rings (SSSR count). The van der Waals surface area contributed by atoms with E-state index in [1.165, 1.54) is 22.3 Å². The van der Waals surface area contributed by atoms with Gasteiger partial charge in [0.05, 0.1) is 6.10 Å². The van der Waals surface area contributed by atoms with Crippen LogP contribution in [0.3, 0.4) is 0 Å². The molecule has 0 bridgehead atoms. The minimum Gasteiger partial charge on any atom is -0.388 e. The molecule has 1 atom stereocenters. The van der Waals surface area contributed by atoms with Gasteiger partial charge in [0, 0.05) is 0 Å². The molecule has 1 heteroatoms. The minimum atomic E-state index is -0.367. The number of aliphatic hydroxyl groups excluding tert-OH is 1. The summed E-state index contributed by atoms with van der Waals surface area (Å²) in [6, 6.07) is 4.56. The first-order valence-electron chi connectivity index (χ1n) is 7.73. The summed E-state index contributed by atoms with van der Waals surface area (Å²) in [7, 11) is 0. The Kier molecular flexibility index (Phi) is 5.61. The van der Waals surface area contributed by atoms with E-state index in [2.05, 4.69) is 53.7 Å². The highest BCUT2D eigenvalue weighted by Gasteiger charge is 2.30. The quantitative estimate of drug-likeness (QED) is 0.777. The minimum absolute atomic E-state index is 0.0679. The Morgan fingerprint density at radius 3 is 1.74 bits per heavy atom. The SMILES string of the molecule is CCc1cc(CC)c(C(O)C(C)(C)CC)c(CC)c1. The van der Waals surface area contributed by atoms with E-state index in [0.717, 1.165) is 25.7 Å². The van der Waals surface area contributed by atoms with Crippen LogP contribution < -0.4 is 0 Å². The average molecular weight is 262 g/mol. The molecule has 1 aromatic rings. The summed E-state index contributed by atoms with van der Waals surface area (Å²) in [5.74, 6) is 0. The lowest BCUT2D eigenvalue weighted by molar-refractivity contribution is 0.0451. The van der Waals surface area contributed by atoms with Crippen LogP contribution in [0.25, 0.3) is 0 Å². The van der Waals surface area contributed by atoms with Gasteiger partial charge >= 0.3 is 0 Å². The molecule has 1 aromatic carbocycles. The first-order valence-corrected chi connectivity index (χ1v) is 7.73. The van der Waals surface area contributed by atoms with Crippen LogP contribution in [0.4, 0.5) is 0 Å². The van der Waals surface area contributed by atoms with Gasteiger partial charge in [-0.2, -0.15) is 0 Å². The molecule has 1 N–H and O–H groups in total. The summed E-state index contributed by atoms with van der Waals surface area (Å²) in [6.45, 7) is 13.0. The van der Waals surface area contributed by atoms with Gasteiger partial charge in [-0.3, -0.25) is 0 Å². The molecule has 0 radical (unpaired) electrons. The van der Waals surface area contributed by atoms with E-state index in [-0.39, 0.29) is 11.5 Å². The maximum Gasteiger partial charge on any atom is 0.0846 e. The van der Waals surface area contributed by atoms with Crippen LogP contribution in [0.5, 0.6) is 0 Å². The van der Waals surface area contributed by atoms with Crippen molar-refractivity contribution in [1.82, 2.24) is 0 Å². The van der Waals surface area contributed by atoms with E-state index in [1.54, 1.807) is 0 Å². The molecule has 0 aliphatic heterocycles. The Morgan fingerprint density at radius 2 is 1.42 bits per heavy atom. The molecule has 0 amide bonds. The third-order valence-corrected chi connectivity index (χ3v) is 4.51. The lowest BCUT2D eigenvalue weighted by Crippen LogP contribution is -2.23. The fourth-order valence-electron chi connectivity index (χ4n) is 2.58. The summed E-state index contributed by atoms with van der Waals surface area (Å²) in [6.07, 6.45) is 3.66. The summed E-state index contributed by atoms with van der Waals surface area (Å²) in [5.41, 5.74) is 5.16. The first kappa shape index (κ1) is 16.2. The lowest BCUT2D eigenvalue weighted by Gasteiger charge is -2.32. The van der Waals surface area contributed by atoms with E-state index in [9.17, 15) is 5.11 Å².